The summed E-state index contributed by atoms with van der Waals surface area (Å²) in [5.41, 5.74) is 18.1. The van der Waals surface area contributed by atoms with Crippen LogP contribution in [0.25, 0.3) is 0 Å². The zero-order valence-electron chi connectivity index (χ0n) is 10.1. The van der Waals surface area contributed by atoms with E-state index in [9.17, 15) is 0 Å². The average molecular weight is 296 g/mol. The van der Waals surface area contributed by atoms with Crippen molar-refractivity contribution in [3.8, 4) is 0 Å². The van der Waals surface area contributed by atoms with Gasteiger partial charge in [-0.25, -0.2) is 9.97 Å². The zero-order chi connectivity index (χ0) is 13.8. The Morgan fingerprint density at radius 2 is 1.68 bits per heavy atom. The minimum atomic E-state index is 0.0264. The molecule has 0 aliphatic heterocycles. The standard InChI is InChI=1S/C12H14ClN5S/c13-8-3-1-7(2-4-8)9(6-14)19-12-17-10(15)5-11(16)18-12/h1-5,9H,6,14H2,(H4,15,16,17,18). The molecule has 1 heterocycles. The van der Waals surface area contributed by atoms with Crippen LogP contribution in [0, 0.1) is 0 Å². The summed E-state index contributed by atoms with van der Waals surface area (Å²) in [7, 11) is 0. The van der Waals surface area contributed by atoms with Gasteiger partial charge in [0.05, 0.1) is 0 Å². The highest BCUT2D eigenvalue weighted by atomic mass is 35.5. The molecule has 1 atom stereocenters. The Kier molecular flexibility index (Phi) is 4.47. The van der Waals surface area contributed by atoms with Gasteiger partial charge in [-0.2, -0.15) is 0 Å². The first-order chi connectivity index (χ1) is 9.08. The van der Waals surface area contributed by atoms with Gasteiger partial charge in [-0.05, 0) is 17.7 Å². The van der Waals surface area contributed by atoms with Crippen LogP contribution in [-0.4, -0.2) is 16.5 Å². The van der Waals surface area contributed by atoms with E-state index in [1.807, 2.05) is 24.3 Å². The SMILES string of the molecule is NCC(Sc1nc(N)cc(N)n1)c1ccc(Cl)cc1. The molecule has 2 aromatic rings. The van der Waals surface area contributed by atoms with Gasteiger partial charge in [-0.1, -0.05) is 35.5 Å². The molecule has 0 aliphatic carbocycles. The molecule has 1 aromatic carbocycles. The molecule has 6 N–H and O–H groups in total. The quantitative estimate of drug-likeness (QED) is 0.589. The molecule has 100 valence electrons. The highest BCUT2D eigenvalue weighted by Crippen LogP contribution is 2.33. The van der Waals surface area contributed by atoms with Crippen LogP contribution < -0.4 is 17.2 Å². The van der Waals surface area contributed by atoms with Gasteiger partial charge < -0.3 is 17.2 Å². The molecule has 0 bridgehead atoms. The molecule has 0 amide bonds. The van der Waals surface area contributed by atoms with Crippen molar-refractivity contribution >= 4 is 35.0 Å². The van der Waals surface area contributed by atoms with E-state index >= 15 is 0 Å². The van der Waals surface area contributed by atoms with Gasteiger partial charge in [-0.3, -0.25) is 0 Å². The van der Waals surface area contributed by atoms with Gasteiger partial charge >= 0.3 is 0 Å². The first-order valence-corrected chi connectivity index (χ1v) is 6.86. The number of anilines is 2. The minimum Gasteiger partial charge on any atom is -0.383 e. The topological polar surface area (TPSA) is 104 Å². The second-order valence-corrected chi connectivity index (χ2v) is 5.50. The molecular formula is C12H14ClN5S. The van der Waals surface area contributed by atoms with E-state index < -0.39 is 0 Å². The van der Waals surface area contributed by atoms with Gasteiger partial charge in [-0.15, -0.1) is 0 Å². The number of hydrogen-bond donors (Lipinski definition) is 3. The molecule has 0 aliphatic rings. The van der Waals surface area contributed by atoms with Crippen LogP contribution >= 0.6 is 23.4 Å². The molecule has 19 heavy (non-hydrogen) atoms. The molecule has 7 heteroatoms. The fraction of sp³-hybridized carbons (Fsp3) is 0.167. The number of aromatic nitrogens is 2. The van der Waals surface area contributed by atoms with E-state index in [1.165, 1.54) is 17.8 Å². The number of hydrogen-bond acceptors (Lipinski definition) is 6. The number of nitrogens with two attached hydrogens (primary N) is 3. The van der Waals surface area contributed by atoms with Gasteiger partial charge in [0, 0.05) is 22.9 Å². The van der Waals surface area contributed by atoms with Crippen molar-refractivity contribution in [1.82, 2.24) is 9.97 Å². The van der Waals surface area contributed by atoms with E-state index in [0.29, 0.717) is 28.4 Å². The Labute approximate surface area is 120 Å². The lowest BCUT2D eigenvalue weighted by atomic mass is 10.1. The van der Waals surface area contributed by atoms with Crippen molar-refractivity contribution in [2.45, 2.75) is 10.4 Å². The third-order valence-electron chi connectivity index (χ3n) is 2.45. The second-order valence-electron chi connectivity index (χ2n) is 3.89. The van der Waals surface area contributed by atoms with Crippen molar-refractivity contribution in [2.24, 2.45) is 5.73 Å². The minimum absolute atomic E-state index is 0.0264. The van der Waals surface area contributed by atoms with Crippen molar-refractivity contribution in [3.05, 3.63) is 40.9 Å². The molecule has 0 spiro atoms. The summed E-state index contributed by atoms with van der Waals surface area (Å²) in [6.07, 6.45) is 0. The van der Waals surface area contributed by atoms with Crippen LogP contribution in [0.15, 0.2) is 35.5 Å². The molecule has 1 aromatic heterocycles. The number of rotatable bonds is 4. The van der Waals surface area contributed by atoms with Crippen molar-refractivity contribution in [2.75, 3.05) is 18.0 Å². The molecule has 0 saturated heterocycles. The second kappa shape index (κ2) is 6.10. The fourth-order valence-corrected chi connectivity index (χ4v) is 2.66. The van der Waals surface area contributed by atoms with E-state index in [2.05, 4.69) is 9.97 Å². The lowest BCUT2D eigenvalue weighted by molar-refractivity contribution is 0.915. The molecule has 2 rings (SSSR count). The Bertz CT molecular complexity index is 540. The monoisotopic (exact) mass is 295 g/mol. The highest BCUT2D eigenvalue weighted by molar-refractivity contribution is 7.99. The average Bonchev–Trinajstić information content (AvgIpc) is 2.36. The molecule has 5 nitrogen and oxygen atoms in total. The maximum atomic E-state index is 5.87. The van der Waals surface area contributed by atoms with Crippen molar-refractivity contribution in [3.63, 3.8) is 0 Å². The summed E-state index contributed by atoms with van der Waals surface area (Å²) in [5.74, 6) is 0.698. The lowest BCUT2D eigenvalue weighted by Crippen LogP contribution is -2.10. The highest BCUT2D eigenvalue weighted by Gasteiger charge is 2.14. The van der Waals surface area contributed by atoms with Crippen LogP contribution in [0.2, 0.25) is 5.02 Å². The van der Waals surface area contributed by atoms with Gasteiger partial charge in [0.25, 0.3) is 0 Å². The molecule has 1 unspecified atom stereocenters. The van der Waals surface area contributed by atoms with Crippen LogP contribution in [0.1, 0.15) is 10.8 Å². The maximum Gasteiger partial charge on any atom is 0.192 e. The Morgan fingerprint density at radius 1 is 1.11 bits per heavy atom. The molecular weight excluding hydrogens is 282 g/mol. The van der Waals surface area contributed by atoms with Crippen molar-refractivity contribution < 1.29 is 0 Å². The molecule has 0 radical (unpaired) electrons. The van der Waals surface area contributed by atoms with E-state index in [1.54, 1.807) is 0 Å². The maximum absolute atomic E-state index is 5.87. The Balaban J connectivity index is 2.21. The summed E-state index contributed by atoms with van der Waals surface area (Å²) in [4.78, 5) is 8.27. The van der Waals surface area contributed by atoms with E-state index in [-0.39, 0.29) is 5.25 Å². The first kappa shape index (κ1) is 13.9. The number of benzene rings is 1. The Morgan fingerprint density at radius 3 is 2.21 bits per heavy atom. The summed E-state index contributed by atoms with van der Waals surface area (Å²) < 4.78 is 0. The van der Waals surface area contributed by atoms with Gasteiger partial charge in [0.2, 0.25) is 0 Å². The third-order valence-corrected chi connectivity index (χ3v) is 3.84. The van der Waals surface area contributed by atoms with Gasteiger partial charge in [0.1, 0.15) is 11.6 Å². The summed E-state index contributed by atoms with van der Waals surface area (Å²) in [5, 5.41) is 1.23. The molecule has 0 saturated carbocycles. The van der Waals surface area contributed by atoms with Crippen LogP contribution in [0.4, 0.5) is 11.6 Å². The number of thioether (sulfide) groups is 1. The zero-order valence-corrected chi connectivity index (χ0v) is 11.7. The summed E-state index contributed by atoms with van der Waals surface area (Å²) in [6, 6.07) is 9.04. The Hall–Kier alpha value is -1.50. The smallest absolute Gasteiger partial charge is 0.192 e. The number of nitrogen functional groups attached to an aromatic ring is 2. The number of halogens is 1. The summed E-state index contributed by atoms with van der Waals surface area (Å²) in [6.45, 7) is 0.449. The van der Waals surface area contributed by atoms with Crippen LogP contribution in [0.3, 0.4) is 0 Å². The molecule has 0 fully saturated rings. The van der Waals surface area contributed by atoms with Crippen LogP contribution in [-0.2, 0) is 0 Å². The normalized spacial score (nSPS) is 12.3. The predicted octanol–water partition coefficient (Wildman–Crippen LogP) is 2.09. The lowest BCUT2D eigenvalue weighted by Gasteiger charge is -2.14. The van der Waals surface area contributed by atoms with E-state index in [4.69, 9.17) is 28.8 Å². The summed E-state index contributed by atoms with van der Waals surface area (Å²) >= 11 is 7.29. The van der Waals surface area contributed by atoms with Crippen molar-refractivity contribution in [1.29, 1.82) is 0 Å². The first-order valence-electron chi connectivity index (χ1n) is 5.60. The predicted molar refractivity (Wildman–Crippen MR) is 80.0 cm³/mol. The number of nitrogens with zero attached hydrogens (tertiary/aromatic N) is 2. The fourth-order valence-electron chi connectivity index (χ4n) is 1.57. The van der Waals surface area contributed by atoms with Gasteiger partial charge in [0.15, 0.2) is 5.16 Å². The van der Waals surface area contributed by atoms with Crippen LogP contribution in [0.5, 0.6) is 0 Å². The largest absolute Gasteiger partial charge is 0.383 e. The van der Waals surface area contributed by atoms with E-state index in [0.717, 1.165) is 5.56 Å². The third kappa shape index (κ3) is 3.73.